The highest BCUT2D eigenvalue weighted by molar-refractivity contribution is 5.81. The molecule has 0 bridgehead atoms. The number of carbonyl (C=O) groups is 1. The largest absolute Gasteiger partial charge is 0.490 e. The van der Waals surface area contributed by atoms with Crippen molar-refractivity contribution in [1.29, 1.82) is 0 Å². The SMILES string of the molecule is CN=C(NCc1ccc(OC2CCCCC2)cc1)NC1CCN(C(=O)C(C)C)C1. The number of aliphatic imine (C=N–C) groups is 1. The van der Waals surface area contributed by atoms with Crippen molar-refractivity contribution in [1.82, 2.24) is 15.5 Å². The van der Waals surface area contributed by atoms with E-state index in [0.29, 0.717) is 12.6 Å². The van der Waals surface area contributed by atoms with Crippen LogP contribution in [0.2, 0.25) is 0 Å². The number of carbonyl (C=O) groups excluding carboxylic acids is 1. The molecular formula is C23H36N4O2. The molecule has 0 aromatic heterocycles. The van der Waals surface area contributed by atoms with Gasteiger partial charge in [-0.15, -0.1) is 0 Å². The molecule has 1 aliphatic carbocycles. The molecule has 1 heterocycles. The average Bonchev–Trinajstić information content (AvgIpc) is 3.20. The molecule has 1 amide bonds. The molecule has 1 saturated heterocycles. The van der Waals surface area contributed by atoms with Gasteiger partial charge < -0.3 is 20.3 Å². The van der Waals surface area contributed by atoms with Crippen LogP contribution in [0.15, 0.2) is 29.3 Å². The fraction of sp³-hybridized carbons (Fsp3) is 0.652. The fourth-order valence-electron chi connectivity index (χ4n) is 4.08. The van der Waals surface area contributed by atoms with Crippen molar-refractivity contribution >= 4 is 11.9 Å². The van der Waals surface area contributed by atoms with E-state index in [4.69, 9.17) is 4.74 Å². The number of likely N-dealkylation sites (tertiary alicyclic amines) is 1. The maximum absolute atomic E-state index is 12.2. The maximum Gasteiger partial charge on any atom is 0.225 e. The lowest BCUT2D eigenvalue weighted by atomic mass is 9.98. The first-order chi connectivity index (χ1) is 14.0. The van der Waals surface area contributed by atoms with Crippen molar-refractivity contribution in [3.8, 4) is 5.75 Å². The topological polar surface area (TPSA) is 66.0 Å². The summed E-state index contributed by atoms with van der Waals surface area (Å²) in [5.74, 6) is 2.02. The van der Waals surface area contributed by atoms with E-state index < -0.39 is 0 Å². The Kier molecular flexibility index (Phi) is 7.78. The van der Waals surface area contributed by atoms with Crippen molar-refractivity contribution in [2.24, 2.45) is 10.9 Å². The zero-order chi connectivity index (χ0) is 20.6. The first-order valence-electron chi connectivity index (χ1n) is 11.1. The summed E-state index contributed by atoms with van der Waals surface area (Å²) in [7, 11) is 1.78. The van der Waals surface area contributed by atoms with Gasteiger partial charge in [-0.05, 0) is 49.8 Å². The van der Waals surface area contributed by atoms with Crippen molar-refractivity contribution in [3.63, 3.8) is 0 Å². The van der Waals surface area contributed by atoms with E-state index in [-0.39, 0.29) is 17.9 Å². The maximum atomic E-state index is 12.2. The first-order valence-corrected chi connectivity index (χ1v) is 11.1. The zero-order valence-electron chi connectivity index (χ0n) is 18.1. The Labute approximate surface area is 175 Å². The molecular weight excluding hydrogens is 364 g/mol. The van der Waals surface area contributed by atoms with Crippen LogP contribution in [-0.2, 0) is 11.3 Å². The van der Waals surface area contributed by atoms with E-state index in [1.54, 1.807) is 7.05 Å². The van der Waals surface area contributed by atoms with Gasteiger partial charge in [-0.2, -0.15) is 0 Å². The van der Waals surface area contributed by atoms with E-state index in [0.717, 1.165) is 31.2 Å². The Hall–Kier alpha value is -2.24. The molecule has 1 saturated carbocycles. The number of amides is 1. The van der Waals surface area contributed by atoms with Gasteiger partial charge in [-0.1, -0.05) is 32.4 Å². The van der Waals surface area contributed by atoms with E-state index >= 15 is 0 Å². The molecule has 3 rings (SSSR count). The Morgan fingerprint density at radius 1 is 1.17 bits per heavy atom. The molecule has 1 aliphatic heterocycles. The molecule has 1 unspecified atom stereocenters. The number of hydrogen-bond acceptors (Lipinski definition) is 3. The Morgan fingerprint density at radius 3 is 2.55 bits per heavy atom. The third-order valence-corrected chi connectivity index (χ3v) is 5.80. The van der Waals surface area contributed by atoms with Crippen LogP contribution in [0.5, 0.6) is 5.75 Å². The first kappa shape index (κ1) is 21.5. The molecule has 1 atom stereocenters. The van der Waals surface area contributed by atoms with Crippen LogP contribution in [0.1, 0.15) is 57.9 Å². The average molecular weight is 401 g/mol. The second-order valence-electron chi connectivity index (χ2n) is 8.52. The van der Waals surface area contributed by atoms with Gasteiger partial charge in [0.1, 0.15) is 5.75 Å². The quantitative estimate of drug-likeness (QED) is 0.568. The molecule has 1 aromatic rings. The zero-order valence-corrected chi connectivity index (χ0v) is 18.1. The van der Waals surface area contributed by atoms with Gasteiger partial charge in [0.25, 0.3) is 0 Å². The minimum atomic E-state index is 0.0521. The summed E-state index contributed by atoms with van der Waals surface area (Å²) in [4.78, 5) is 18.4. The van der Waals surface area contributed by atoms with Crippen molar-refractivity contribution < 1.29 is 9.53 Å². The third kappa shape index (κ3) is 6.38. The molecule has 29 heavy (non-hydrogen) atoms. The molecule has 2 N–H and O–H groups in total. The molecule has 0 radical (unpaired) electrons. The van der Waals surface area contributed by atoms with E-state index in [9.17, 15) is 4.79 Å². The predicted octanol–water partition coefficient (Wildman–Crippen LogP) is 3.32. The van der Waals surface area contributed by atoms with Gasteiger partial charge in [-0.3, -0.25) is 9.79 Å². The van der Waals surface area contributed by atoms with E-state index in [2.05, 4.69) is 39.9 Å². The van der Waals surface area contributed by atoms with E-state index in [1.165, 1.54) is 37.7 Å². The molecule has 2 fully saturated rings. The highest BCUT2D eigenvalue weighted by Crippen LogP contribution is 2.23. The number of benzene rings is 1. The van der Waals surface area contributed by atoms with Crippen LogP contribution in [-0.4, -0.2) is 49.0 Å². The van der Waals surface area contributed by atoms with Gasteiger partial charge in [0.15, 0.2) is 5.96 Å². The predicted molar refractivity (Wildman–Crippen MR) is 117 cm³/mol. The highest BCUT2D eigenvalue weighted by atomic mass is 16.5. The number of nitrogens with zero attached hydrogens (tertiary/aromatic N) is 2. The number of guanidine groups is 1. The smallest absolute Gasteiger partial charge is 0.225 e. The van der Waals surface area contributed by atoms with Gasteiger partial charge in [0.2, 0.25) is 5.91 Å². The summed E-state index contributed by atoms with van der Waals surface area (Å²) in [6, 6.07) is 8.59. The van der Waals surface area contributed by atoms with Crippen LogP contribution in [0, 0.1) is 5.92 Å². The third-order valence-electron chi connectivity index (χ3n) is 5.80. The normalized spacial score (nSPS) is 20.8. The van der Waals surface area contributed by atoms with Crippen molar-refractivity contribution in [2.75, 3.05) is 20.1 Å². The summed E-state index contributed by atoms with van der Waals surface area (Å²) in [5, 5.41) is 6.82. The highest BCUT2D eigenvalue weighted by Gasteiger charge is 2.27. The second-order valence-corrected chi connectivity index (χ2v) is 8.52. The molecule has 1 aromatic carbocycles. The molecule has 2 aliphatic rings. The fourth-order valence-corrected chi connectivity index (χ4v) is 4.08. The number of nitrogens with one attached hydrogen (secondary N) is 2. The summed E-state index contributed by atoms with van der Waals surface area (Å²) in [5.41, 5.74) is 1.19. The van der Waals surface area contributed by atoms with Gasteiger partial charge in [0, 0.05) is 38.6 Å². The van der Waals surface area contributed by atoms with E-state index in [1.807, 2.05) is 18.7 Å². The standard InChI is InChI=1S/C23H36N4O2/c1-17(2)22(28)27-14-13-19(16-27)26-23(24-3)25-15-18-9-11-21(12-10-18)29-20-7-5-4-6-8-20/h9-12,17,19-20H,4-8,13-16H2,1-3H3,(H2,24,25,26). The monoisotopic (exact) mass is 400 g/mol. The van der Waals surface area contributed by atoms with Crippen LogP contribution >= 0.6 is 0 Å². The molecule has 160 valence electrons. The van der Waals surface area contributed by atoms with Crippen molar-refractivity contribution in [3.05, 3.63) is 29.8 Å². The lowest BCUT2D eigenvalue weighted by Gasteiger charge is -2.23. The number of ether oxygens (including phenoxy) is 1. The van der Waals surface area contributed by atoms with Crippen LogP contribution in [0.25, 0.3) is 0 Å². The van der Waals surface area contributed by atoms with Crippen LogP contribution in [0.4, 0.5) is 0 Å². The van der Waals surface area contributed by atoms with Gasteiger partial charge in [-0.25, -0.2) is 0 Å². The van der Waals surface area contributed by atoms with Crippen molar-refractivity contribution in [2.45, 2.75) is 71.1 Å². The number of rotatable bonds is 6. The molecule has 6 nitrogen and oxygen atoms in total. The van der Waals surface area contributed by atoms with Gasteiger partial charge in [0.05, 0.1) is 6.10 Å². The van der Waals surface area contributed by atoms with Crippen LogP contribution in [0.3, 0.4) is 0 Å². The summed E-state index contributed by atoms with van der Waals surface area (Å²) in [6.45, 7) is 6.16. The summed E-state index contributed by atoms with van der Waals surface area (Å²) >= 11 is 0. The van der Waals surface area contributed by atoms with Gasteiger partial charge >= 0.3 is 0 Å². The lowest BCUT2D eigenvalue weighted by Crippen LogP contribution is -2.45. The minimum absolute atomic E-state index is 0.0521. The second kappa shape index (κ2) is 10.5. The molecule has 0 spiro atoms. The Bertz CT molecular complexity index is 681. The lowest BCUT2D eigenvalue weighted by molar-refractivity contribution is -0.133. The minimum Gasteiger partial charge on any atom is -0.490 e. The Morgan fingerprint density at radius 2 is 1.90 bits per heavy atom. The Balaban J connectivity index is 1.43. The molecule has 6 heteroatoms. The summed E-state index contributed by atoms with van der Waals surface area (Å²) < 4.78 is 6.10. The number of hydrogen-bond donors (Lipinski definition) is 2. The van der Waals surface area contributed by atoms with Crippen LogP contribution < -0.4 is 15.4 Å². The summed E-state index contributed by atoms with van der Waals surface area (Å²) in [6.07, 6.45) is 7.58.